The van der Waals surface area contributed by atoms with Crippen LogP contribution < -0.4 is 5.32 Å². The second kappa shape index (κ2) is 6.69. The van der Waals surface area contributed by atoms with Crippen LogP contribution in [0.2, 0.25) is 0 Å². The Morgan fingerprint density at radius 3 is 2.62 bits per heavy atom. The second-order valence-electron chi connectivity index (χ2n) is 4.93. The van der Waals surface area contributed by atoms with E-state index >= 15 is 0 Å². The van der Waals surface area contributed by atoms with Crippen molar-refractivity contribution in [3.05, 3.63) is 33.9 Å². The average Bonchev–Trinajstić information content (AvgIpc) is 2.38. The number of rotatable bonds is 3. The molecule has 0 spiro atoms. The van der Waals surface area contributed by atoms with Crippen LogP contribution in [0.15, 0.2) is 23.1 Å². The molecule has 1 atom stereocenters. The molecule has 1 aromatic rings. The van der Waals surface area contributed by atoms with Gasteiger partial charge in [-0.1, -0.05) is 0 Å². The van der Waals surface area contributed by atoms with Gasteiger partial charge >= 0.3 is 0 Å². The van der Waals surface area contributed by atoms with Gasteiger partial charge < -0.3 is 5.32 Å². The smallest absolute Gasteiger partial charge is 0.269 e. The molecule has 0 bridgehead atoms. The average molecular weight is 336 g/mol. The first-order valence-electron chi connectivity index (χ1n) is 6.31. The molecule has 0 amide bonds. The summed E-state index contributed by atoms with van der Waals surface area (Å²) in [7, 11) is -3.60. The lowest BCUT2D eigenvalue weighted by atomic mass is 10.2. The lowest BCUT2D eigenvalue weighted by Crippen LogP contribution is -2.51. The van der Waals surface area contributed by atoms with E-state index < -0.39 is 14.9 Å². The summed E-state index contributed by atoms with van der Waals surface area (Å²) in [5.74, 6) is 0. The van der Waals surface area contributed by atoms with E-state index in [1.54, 1.807) is 6.92 Å². The van der Waals surface area contributed by atoms with E-state index in [4.69, 9.17) is 0 Å². The van der Waals surface area contributed by atoms with Crippen molar-refractivity contribution in [3.63, 3.8) is 0 Å². The van der Waals surface area contributed by atoms with E-state index in [9.17, 15) is 18.5 Å². The molecule has 2 rings (SSSR count). The molecule has 1 aromatic carbocycles. The van der Waals surface area contributed by atoms with Crippen molar-refractivity contribution in [2.45, 2.75) is 24.8 Å². The van der Waals surface area contributed by atoms with Crippen molar-refractivity contribution < 1.29 is 13.3 Å². The van der Waals surface area contributed by atoms with Gasteiger partial charge in [-0.05, 0) is 25.5 Å². The van der Waals surface area contributed by atoms with Gasteiger partial charge in [-0.15, -0.1) is 12.4 Å². The standard InChI is InChI=1S/C12H17N3O4S.ClH/c1-9-7-11(15(16)17)3-4-12(9)20(18,19)14-6-5-13-10(2)8-14;/h3-4,7,10,13H,5-6,8H2,1-2H3;1H/t10-;/m1./s1. The topological polar surface area (TPSA) is 92.5 Å². The van der Waals surface area contributed by atoms with Crippen molar-refractivity contribution in [3.8, 4) is 0 Å². The predicted molar refractivity (Wildman–Crippen MR) is 81.3 cm³/mol. The molecule has 7 nitrogen and oxygen atoms in total. The van der Waals surface area contributed by atoms with E-state index in [1.807, 2.05) is 6.92 Å². The van der Waals surface area contributed by atoms with E-state index in [2.05, 4.69) is 5.32 Å². The van der Waals surface area contributed by atoms with Gasteiger partial charge in [-0.3, -0.25) is 10.1 Å². The molecule has 0 saturated carbocycles. The van der Waals surface area contributed by atoms with Crippen molar-refractivity contribution in [2.75, 3.05) is 19.6 Å². The van der Waals surface area contributed by atoms with E-state index in [-0.39, 0.29) is 29.0 Å². The SMILES string of the molecule is Cc1cc([N+](=O)[O-])ccc1S(=O)(=O)N1CCN[C@H](C)C1.Cl. The molecule has 1 aliphatic rings. The Balaban J connectivity index is 0.00000220. The molecule has 1 saturated heterocycles. The number of piperazine rings is 1. The highest BCUT2D eigenvalue weighted by molar-refractivity contribution is 7.89. The summed E-state index contributed by atoms with van der Waals surface area (Å²) in [4.78, 5) is 10.3. The first-order valence-corrected chi connectivity index (χ1v) is 7.75. The summed E-state index contributed by atoms with van der Waals surface area (Å²) in [5.41, 5.74) is 0.292. The number of benzene rings is 1. The third kappa shape index (κ3) is 3.70. The largest absolute Gasteiger partial charge is 0.312 e. The third-order valence-corrected chi connectivity index (χ3v) is 5.34. The maximum absolute atomic E-state index is 12.6. The number of aryl methyl sites for hydroxylation is 1. The van der Waals surface area contributed by atoms with Gasteiger partial charge in [-0.25, -0.2) is 8.42 Å². The fourth-order valence-electron chi connectivity index (χ4n) is 2.29. The zero-order valence-corrected chi connectivity index (χ0v) is 13.4. The maximum atomic E-state index is 12.6. The van der Waals surface area contributed by atoms with E-state index in [1.165, 1.54) is 22.5 Å². The molecule has 9 heteroatoms. The number of nitrogens with zero attached hydrogens (tertiary/aromatic N) is 2. The van der Waals surface area contributed by atoms with Crippen molar-refractivity contribution in [2.24, 2.45) is 0 Å². The lowest BCUT2D eigenvalue weighted by molar-refractivity contribution is -0.385. The summed E-state index contributed by atoms with van der Waals surface area (Å²) in [6.45, 7) is 4.91. The minimum absolute atomic E-state index is 0. The predicted octanol–water partition coefficient (Wildman–Crippen LogP) is 1.31. The lowest BCUT2D eigenvalue weighted by Gasteiger charge is -2.31. The fourth-order valence-corrected chi connectivity index (χ4v) is 4.03. The summed E-state index contributed by atoms with van der Waals surface area (Å²) < 4.78 is 26.5. The third-order valence-electron chi connectivity index (χ3n) is 3.32. The zero-order chi connectivity index (χ0) is 14.9. The number of hydrogen-bond donors (Lipinski definition) is 1. The Kier molecular flexibility index (Phi) is 5.68. The summed E-state index contributed by atoms with van der Waals surface area (Å²) in [5, 5.41) is 13.9. The minimum Gasteiger partial charge on any atom is -0.312 e. The zero-order valence-electron chi connectivity index (χ0n) is 11.8. The van der Waals surface area contributed by atoms with Crippen LogP contribution in [0, 0.1) is 17.0 Å². The van der Waals surface area contributed by atoms with Gasteiger partial charge in [0.25, 0.3) is 5.69 Å². The van der Waals surface area contributed by atoms with Gasteiger partial charge in [0.2, 0.25) is 10.0 Å². The number of sulfonamides is 1. The Morgan fingerprint density at radius 1 is 1.43 bits per heavy atom. The minimum atomic E-state index is -3.60. The molecule has 1 N–H and O–H groups in total. The molecule has 1 aliphatic heterocycles. The molecule has 1 fully saturated rings. The Hall–Kier alpha value is -1.22. The molecule has 0 aromatic heterocycles. The highest BCUT2D eigenvalue weighted by atomic mass is 35.5. The second-order valence-corrected chi connectivity index (χ2v) is 6.83. The molecule has 0 aliphatic carbocycles. The van der Waals surface area contributed by atoms with Crippen molar-refractivity contribution in [1.82, 2.24) is 9.62 Å². The van der Waals surface area contributed by atoms with Gasteiger partial charge in [0.15, 0.2) is 0 Å². The monoisotopic (exact) mass is 335 g/mol. The molecule has 0 unspecified atom stereocenters. The van der Waals surface area contributed by atoms with Gasteiger partial charge in [0.05, 0.1) is 9.82 Å². The maximum Gasteiger partial charge on any atom is 0.269 e. The Labute approximate surface area is 129 Å². The number of halogens is 1. The van der Waals surface area contributed by atoms with E-state index in [0.717, 1.165) is 0 Å². The van der Waals surface area contributed by atoms with Gasteiger partial charge in [-0.2, -0.15) is 4.31 Å². The molecule has 0 radical (unpaired) electrons. The van der Waals surface area contributed by atoms with Crippen molar-refractivity contribution >= 4 is 28.1 Å². The molecule has 21 heavy (non-hydrogen) atoms. The van der Waals surface area contributed by atoms with Crippen molar-refractivity contribution in [1.29, 1.82) is 0 Å². The Morgan fingerprint density at radius 2 is 2.10 bits per heavy atom. The number of nitrogens with one attached hydrogen (secondary N) is 1. The van der Waals surface area contributed by atoms with Crippen LogP contribution in [0.4, 0.5) is 5.69 Å². The van der Waals surface area contributed by atoms with Crippen LogP contribution in [-0.4, -0.2) is 43.3 Å². The van der Waals surface area contributed by atoms with Gasteiger partial charge in [0.1, 0.15) is 0 Å². The van der Waals surface area contributed by atoms with Crippen LogP contribution in [0.3, 0.4) is 0 Å². The van der Waals surface area contributed by atoms with Crippen LogP contribution >= 0.6 is 12.4 Å². The first-order chi connectivity index (χ1) is 9.32. The number of hydrogen-bond acceptors (Lipinski definition) is 5. The summed E-state index contributed by atoms with van der Waals surface area (Å²) in [6, 6.07) is 3.93. The number of non-ortho nitro benzene ring substituents is 1. The highest BCUT2D eigenvalue weighted by Gasteiger charge is 2.30. The molecule has 1 heterocycles. The normalized spacial score (nSPS) is 19.8. The van der Waals surface area contributed by atoms with Crippen LogP contribution in [-0.2, 0) is 10.0 Å². The fraction of sp³-hybridized carbons (Fsp3) is 0.500. The summed E-state index contributed by atoms with van der Waals surface area (Å²) >= 11 is 0. The molecular formula is C12H18ClN3O4S. The molecular weight excluding hydrogens is 318 g/mol. The van der Waals surface area contributed by atoms with Crippen LogP contribution in [0.25, 0.3) is 0 Å². The van der Waals surface area contributed by atoms with Gasteiger partial charge in [0, 0.05) is 37.8 Å². The molecule has 118 valence electrons. The van der Waals surface area contributed by atoms with Crippen LogP contribution in [0.5, 0.6) is 0 Å². The number of nitro groups is 1. The Bertz CT molecular complexity index is 635. The first kappa shape index (κ1) is 17.8. The summed E-state index contributed by atoms with van der Waals surface area (Å²) in [6.07, 6.45) is 0. The highest BCUT2D eigenvalue weighted by Crippen LogP contribution is 2.24. The van der Waals surface area contributed by atoms with E-state index in [0.29, 0.717) is 25.2 Å². The van der Waals surface area contributed by atoms with Crippen LogP contribution in [0.1, 0.15) is 12.5 Å². The quantitative estimate of drug-likeness (QED) is 0.664. The number of nitro benzene ring substituents is 1.